The number of nitrogens with one attached hydrogen (secondary N) is 1. The highest BCUT2D eigenvalue weighted by Gasteiger charge is 2.12. The summed E-state index contributed by atoms with van der Waals surface area (Å²) in [5, 5.41) is 12.7. The first-order valence-corrected chi connectivity index (χ1v) is 7.42. The smallest absolute Gasteiger partial charge is 0.310 e. The number of hydrogen-bond donors (Lipinski definition) is 2. The Labute approximate surface area is 138 Å². The average Bonchev–Trinajstić information content (AvgIpc) is 2.52. The van der Waals surface area contributed by atoms with Crippen molar-refractivity contribution in [2.24, 2.45) is 0 Å². The molecular formula is C17H16ClNO4. The minimum atomic E-state index is -0.469. The normalized spacial score (nSPS) is 10.2. The number of halogens is 1. The van der Waals surface area contributed by atoms with Crippen molar-refractivity contribution in [3.05, 3.63) is 58.6 Å². The van der Waals surface area contributed by atoms with Gasteiger partial charge in [0.2, 0.25) is 0 Å². The van der Waals surface area contributed by atoms with Crippen LogP contribution in [0, 0.1) is 0 Å². The Bertz CT molecular complexity index is 713. The lowest BCUT2D eigenvalue weighted by Gasteiger charge is -2.08. The van der Waals surface area contributed by atoms with Crippen molar-refractivity contribution in [1.82, 2.24) is 0 Å². The molecule has 0 radical (unpaired) electrons. The number of anilines is 1. The van der Waals surface area contributed by atoms with Gasteiger partial charge in [-0.25, -0.2) is 0 Å². The van der Waals surface area contributed by atoms with Gasteiger partial charge in [-0.2, -0.15) is 0 Å². The number of hydrogen-bond acceptors (Lipinski definition) is 4. The first-order chi connectivity index (χ1) is 11.0. The predicted molar refractivity (Wildman–Crippen MR) is 87.8 cm³/mol. The van der Waals surface area contributed by atoms with Crippen molar-refractivity contribution in [3.8, 4) is 5.75 Å². The van der Waals surface area contributed by atoms with Gasteiger partial charge < -0.3 is 15.2 Å². The first-order valence-electron chi connectivity index (χ1n) is 7.04. The molecule has 2 rings (SSSR count). The van der Waals surface area contributed by atoms with E-state index in [1.807, 2.05) is 0 Å². The number of phenols is 1. The lowest BCUT2D eigenvalue weighted by molar-refractivity contribution is -0.142. The van der Waals surface area contributed by atoms with E-state index in [-0.39, 0.29) is 23.7 Å². The van der Waals surface area contributed by atoms with Crippen molar-refractivity contribution in [1.29, 1.82) is 0 Å². The van der Waals surface area contributed by atoms with E-state index in [2.05, 4.69) is 5.32 Å². The molecule has 0 bridgehead atoms. The fraction of sp³-hybridized carbons (Fsp3) is 0.176. The number of carbonyl (C=O) groups excluding carboxylic acids is 2. The number of carbonyl (C=O) groups is 2. The minimum absolute atomic E-state index is 0.0908. The second-order valence-electron chi connectivity index (χ2n) is 4.79. The van der Waals surface area contributed by atoms with Crippen LogP contribution < -0.4 is 5.32 Å². The lowest BCUT2D eigenvalue weighted by atomic mass is 10.1. The second-order valence-corrected chi connectivity index (χ2v) is 5.23. The number of esters is 1. The van der Waals surface area contributed by atoms with E-state index < -0.39 is 5.91 Å². The Morgan fingerprint density at radius 2 is 1.87 bits per heavy atom. The largest absolute Gasteiger partial charge is 0.507 e. The molecule has 6 heteroatoms. The van der Waals surface area contributed by atoms with Crippen LogP contribution in [0.3, 0.4) is 0 Å². The Morgan fingerprint density at radius 1 is 1.17 bits per heavy atom. The van der Waals surface area contributed by atoms with Crippen LogP contribution in [0.1, 0.15) is 22.8 Å². The number of phenolic OH excluding ortho intramolecular Hbond substituents is 1. The van der Waals surface area contributed by atoms with Gasteiger partial charge in [0.1, 0.15) is 5.75 Å². The van der Waals surface area contributed by atoms with Crippen LogP contribution in [0.5, 0.6) is 5.75 Å². The number of benzene rings is 2. The highest BCUT2D eigenvalue weighted by molar-refractivity contribution is 6.31. The molecule has 0 aromatic heterocycles. The first kappa shape index (κ1) is 16.8. The third-order valence-electron chi connectivity index (χ3n) is 3.07. The van der Waals surface area contributed by atoms with E-state index in [0.29, 0.717) is 17.3 Å². The van der Waals surface area contributed by atoms with Crippen LogP contribution in [-0.4, -0.2) is 23.6 Å². The fourth-order valence-corrected chi connectivity index (χ4v) is 2.15. The van der Waals surface area contributed by atoms with Gasteiger partial charge >= 0.3 is 5.97 Å². The summed E-state index contributed by atoms with van der Waals surface area (Å²) < 4.78 is 4.87. The summed E-state index contributed by atoms with van der Waals surface area (Å²) in [5.41, 5.74) is 1.42. The van der Waals surface area contributed by atoms with Crippen LogP contribution >= 0.6 is 11.6 Å². The van der Waals surface area contributed by atoms with Gasteiger partial charge in [0.15, 0.2) is 0 Å². The van der Waals surface area contributed by atoms with Crippen molar-refractivity contribution in [2.75, 3.05) is 11.9 Å². The summed E-state index contributed by atoms with van der Waals surface area (Å²) in [7, 11) is 0. The zero-order valence-corrected chi connectivity index (χ0v) is 13.3. The van der Waals surface area contributed by atoms with Gasteiger partial charge in [0, 0.05) is 10.7 Å². The molecule has 1 amide bonds. The van der Waals surface area contributed by atoms with Crippen LogP contribution in [0.25, 0.3) is 0 Å². The lowest BCUT2D eigenvalue weighted by Crippen LogP contribution is -2.12. The van der Waals surface area contributed by atoms with Crippen molar-refractivity contribution in [3.63, 3.8) is 0 Å². The van der Waals surface area contributed by atoms with E-state index in [1.54, 1.807) is 31.2 Å². The van der Waals surface area contributed by atoms with E-state index in [4.69, 9.17) is 16.3 Å². The van der Waals surface area contributed by atoms with Gasteiger partial charge in [-0.05, 0) is 42.8 Å². The molecule has 23 heavy (non-hydrogen) atoms. The number of ether oxygens (including phenoxy) is 1. The van der Waals surface area contributed by atoms with Crippen LogP contribution in [0.15, 0.2) is 42.5 Å². The van der Waals surface area contributed by atoms with Crippen molar-refractivity contribution in [2.45, 2.75) is 13.3 Å². The maximum Gasteiger partial charge on any atom is 0.310 e. The second kappa shape index (κ2) is 7.65. The molecule has 0 unspecified atom stereocenters. The van der Waals surface area contributed by atoms with Gasteiger partial charge in [-0.3, -0.25) is 9.59 Å². The van der Waals surface area contributed by atoms with Gasteiger partial charge in [-0.1, -0.05) is 23.7 Å². The number of aromatic hydroxyl groups is 1. The molecule has 0 saturated heterocycles. The van der Waals surface area contributed by atoms with Crippen LogP contribution in [-0.2, 0) is 16.0 Å². The number of amides is 1. The van der Waals surface area contributed by atoms with Gasteiger partial charge in [0.05, 0.1) is 18.6 Å². The summed E-state index contributed by atoms with van der Waals surface area (Å²) in [4.78, 5) is 23.5. The Kier molecular flexibility index (Phi) is 5.60. The maximum atomic E-state index is 12.1. The summed E-state index contributed by atoms with van der Waals surface area (Å²) in [6.45, 7) is 2.10. The molecule has 0 spiro atoms. The maximum absolute atomic E-state index is 12.1. The average molecular weight is 334 g/mol. The SMILES string of the molecule is CCOC(=O)Cc1ccc(NC(=O)c2cc(Cl)ccc2O)cc1. The molecule has 0 aliphatic heterocycles. The summed E-state index contributed by atoms with van der Waals surface area (Å²) in [5.74, 6) is -0.915. The van der Waals surface area contributed by atoms with E-state index >= 15 is 0 Å². The van der Waals surface area contributed by atoms with E-state index in [0.717, 1.165) is 5.56 Å². The molecule has 0 fully saturated rings. The molecule has 0 atom stereocenters. The molecule has 2 aromatic carbocycles. The highest BCUT2D eigenvalue weighted by atomic mass is 35.5. The fourth-order valence-electron chi connectivity index (χ4n) is 1.97. The molecule has 2 aromatic rings. The highest BCUT2D eigenvalue weighted by Crippen LogP contribution is 2.22. The Hall–Kier alpha value is -2.53. The summed E-state index contributed by atoms with van der Waals surface area (Å²) in [6, 6.07) is 11.1. The summed E-state index contributed by atoms with van der Waals surface area (Å²) in [6.07, 6.45) is 0.178. The molecule has 120 valence electrons. The third kappa shape index (κ3) is 4.72. The molecule has 5 nitrogen and oxygen atoms in total. The number of rotatable bonds is 5. The van der Waals surface area contributed by atoms with Gasteiger partial charge in [-0.15, -0.1) is 0 Å². The molecule has 0 aliphatic rings. The van der Waals surface area contributed by atoms with Crippen molar-refractivity contribution < 1.29 is 19.4 Å². The van der Waals surface area contributed by atoms with E-state index in [9.17, 15) is 14.7 Å². The van der Waals surface area contributed by atoms with Gasteiger partial charge in [0.25, 0.3) is 5.91 Å². The van der Waals surface area contributed by atoms with Crippen LogP contribution in [0.4, 0.5) is 5.69 Å². The van der Waals surface area contributed by atoms with E-state index in [1.165, 1.54) is 18.2 Å². The zero-order valence-electron chi connectivity index (χ0n) is 12.5. The Balaban J connectivity index is 2.04. The predicted octanol–water partition coefficient (Wildman–Crippen LogP) is 3.40. The molecular weight excluding hydrogens is 318 g/mol. The quantitative estimate of drug-likeness (QED) is 0.822. The monoisotopic (exact) mass is 333 g/mol. The molecule has 0 aliphatic carbocycles. The zero-order chi connectivity index (χ0) is 16.8. The molecule has 0 heterocycles. The standard InChI is InChI=1S/C17H16ClNO4/c1-2-23-16(21)9-11-3-6-13(7-4-11)19-17(22)14-10-12(18)5-8-15(14)20/h3-8,10,20H,2,9H2,1H3,(H,19,22). The van der Waals surface area contributed by atoms with Crippen molar-refractivity contribution >= 4 is 29.2 Å². The Morgan fingerprint density at radius 3 is 2.52 bits per heavy atom. The minimum Gasteiger partial charge on any atom is -0.507 e. The topological polar surface area (TPSA) is 75.6 Å². The molecule has 0 saturated carbocycles. The van der Waals surface area contributed by atoms with Crippen LogP contribution in [0.2, 0.25) is 5.02 Å². The third-order valence-corrected chi connectivity index (χ3v) is 3.30. The molecule has 2 N–H and O–H groups in total. The summed E-state index contributed by atoms with van der Waals surface area (Å²) >= 11 is 5.82.